The van der Waals surface area contributed by atoms with E-state index in [1.54, 1.807) is 31.2 Å². The van der Waals surface area contributed by atoms with Crippen molar-refractivity contribution in [1.82, 2.24) is 9.97 Å². The van der Waals surface area contributed by atoms with Gasteiger partial charge in [0.2, 0.25) is 5.91 Å². The average molecular weight is 371 g/mol. The van der Waals surface area contributed by atoms with Gasteiger partial charge in [0.15, 0.2) is 0 Å². The molecule has 1 amide bonds. The van der Waals surface area contributed by atoms with Gasteiger partial charge in [-0.15, -0.1) is 11.3 Å². The molecule has 2 N–H and O–H groups in total. The fourth-order valence-corrected chi connectivity index (χ4v) is 3.62. The molecule has 7 nitrogen and oxygen atoms in total. The summed E-state index contributed by atoms with van der Waals surface area (Å²) in [5.41, 5.74) is 1.32. The molecular formula is C18H17N3O4S. The van der Waals surface area contributed by atoms with Crippen LogP contribution in [0.4, 0.5) is 5.00 Å². The van der Waals surface area contributed by atoms with Crippen molar-refractivity contribution in [3.05, 3.63) is 56.4 Å². The number of hydrogen-bond donors (Lipinski definition) is 2. The van der Waals surface area contributed by atoms with Crippen molar-refractivity contribution in [2.75, 3.05) is 5.32 Å². The minimum Gasteiger partial charge on any atom is -0.454 e. The first kappa shape index (κ1) is 17.8. The largest absolute Gasteiger partial charge is 0.454 e. The predicted octanol–water partition coefficient (Wildman–Crippen LogP) is 2.92. The number of H-pyrrole nitrogens is 1. The molecule has 0 atom stereocenters. The van der Waals surface area contributed by atoms with E-state index in [2.05, 4.69) is 15.3 Å². The number of thiophene rings is 1. The minimum absolute atomic E-state index is 0.174. The second kappa shape index (κ2) is 7.09. The second-order valence-corrected chi connectivity index (χ2v) is 7.00. The molecule has 0 fully saturated rings. The Kier molecular flexibility index (Phi) is 4.85. The number of carbonyl (C=O) groups is 2. The lowest BCUT2D eigenvalue weighted by Crippen LogP contribution is -2.15. The first-order valence-corrected chi connectivity index (χ1v) is 8.71. The molecular weight excluding hydrogens is 354 g/mol. The molecule has 3 rings (SSSR count). The molecule has 2 heterocycles. The van der Waals surface area contributed by atoms with Crippen molar-refractivity contribution in [3.63, 3.8) is 0 Å². The summed E-state index contributed by atoms with van der Waals surface area (Å²) in [5, 5.41) is 3.58. The molecule has 0 spiro atoms. The van der Waals surface area contributed by atoms with E-state index in [1.165, 1.54) is 18.3 Å². The van der Waals surface area contributed by atoms with Crippen molar-refractivity contribution in [3.8, 4) is 0 Å². The van der Waals surface area contributed by atoms with Gasteiger partial charge in [-0.1, -0.05) is 12.1 Å². The van der Waals surface area contributed by atoms with E-state index < -0.39 is 5.97 Å². The molecule has 0 aliphatic rings. The van der Waals surface area contributed by atoms with E-state index in [4.69, 9.17) is 4.74 Å². The van der Waals surface area contributed by atoms with Crippen molar-refractivity contribution >= 4 is 39.1 Å². The highest BCUT2D eigenvalue weighted by Crippen LogP contribution is 2.33. The average Bonchev–Trinajstić information content (AvgIpc) is 2.86. The molecule has 0 bridgehead atoms. The van der Waals surface area contributed by atoms with Gasteiger partial charge < -0.3 is 15.0 Å². The van der Waals surface area contributed by atoms with Crippen LogP contribution in [-0.4, -0.2) is 21.8 Å². The van der Waals surface area contributed by atoms with Crippen LogP contribution in [0.2, 0.25) is 0 Å². The van der Waals surface area contributed by atoms with Crippen LogP contribution in [0.5, 0.6) is 0 Å². The third-order valence-corrected chi connectivity index (χ3v) is 5.00. The van der Waals surface area contributed by atoms with E-state index in [9.17, 15) is 14.4 Å². The zero-order chi connectivity index (χ0) is 18.8. The van der Waals surface area contributed by atoms with Crippen LogP contribution in [-0.2, 0) is 16.1 Å². The van der Waals surface area contributed by atoms with Crippen molar-refractivity contribution in [1.29, 1.82) is 0 Å². The second-order valence-electron chi connectivity index (χ2n) is 5.77. The lowest BCUT2D eigenvalue weighted by Gasteiger charge is -2.07. The van der Waals surface area contributed by atoms with Crippen LogP contribution in [0.15, 0.2) is 29.1 Å². The Balaban J connectivity index is 1.84. The number of amides is 1. The molecule has 8 heteroatoms. The quantitative estimate of drug-likeness (QED) is 0.687. The Bertz CT molecular complexity index is 1070. The molecule has 0 saturated carbocycles. The van der Waals surface area contributed by atoms with Gasteiger partial charge in [-0.25, -0.2) is 9.78 Å². The fraction of sp³-hybridized carbons (Fsp3) is 0.222. The number of ether oxygens (including phenoxy) is 1. The van der Waals surface area contributed by atoms with Crippen LogP contribution in [0.25, 0.3) is 10.9 Å². The molecule has 0 unspecified atom stereocenters. The molecule has 26 heavy (non-hydrogen) atoms. The SMILES string of the molecule is CC(=O)Nc1sc(C)c(C)c1C(=O)OCc1nc2ccccc2c(=O)[nH]1. The molecule has 0 aliphatic heterocycles. The summed E-state index contributed by atoms with van der Waals surface area (Å²) >= 11 is 1.32. The highest BCUT2D eigenvalue weighted by atomic mass is 32.1. The van der Waals surface area contributed by atoms with Gasteiger partial charge in [0, 0.05) is 11.8 Å². The van der Waals surface area contributed by atoms with E-state index in [0.717, 1.165) is 10.4 Å². The maximum Gasteiger partial charge on any atom is 0.341 e. The Morgan fingerprint density at radius 2 is 2.00 bits per heavy atom. The number of para-hydroxylation sites is 1. The standard InChI is InChI=1S/C18H17N3O4S/c1-9-10(2)26-17(19-11(3)22)15(9)18(24)25-8-14-20-13-7-5-4-6-12(13)16(23)21-14/h4-7H,8H2,1-3H3,(H,19,22)(H,20,21,23). The maximum absolute atomic E-state index is 12.5. The minimum atomic E-state index is -0.577. The van der Waals surface area contributed by atoms with Crippen LogP contribution < -0.4 is 10.9 Å². The number of benzene rings is 1. The molecule has 134 valence electrons. The van der Waals surface area contributed by atoms with E-state index in [1.807, 2.05) is 6.92 Å². The molecule has 0 radical (unpaired) electrons. The maximum atomic E-state index is 12.5. The summed E-state index contributed by atoms with van der Waals surface area (Å²) in [4.78, 5) is 43.8. The van der Waals surface area contributed by atoms with Crippen molar-refractivity contribution in [2.24, 2.45) is 0 Å². The first-order chi connectivity index (χ1) is 12.4. The highest BCUT2D eigenvalue weighted by molar-refractivity contribution is 7.16. The Morgan fingerprint density at radius 1 is 1.27 bits per heavy atom. The van der Waals surface area contributed by atoms with Crippen LogP contribution >= 0.6 is 11.3 Å². The number of aryl methyl sites for hydroxylation is 1. The van der Waals surface area contributed by atoms with Gasteiger partial charge in [-0.05, 0) is 31.5 Å². The summed E-state index contributed by atoms with van der Waals surface area (Å²) in [7, 11) is 0. The summed E-state index contributed by atoms with van der Waals surface area (Å²) in [6, 6.07) is 6.93. The zero-order valence-electron chi connectivity index (χ0n) is 14.5. The van der Waals surface area contributed by atoms with E-state index >= 15 is 0 Å². The number of rotatable bonds is 4. The number of nitrogens with one attached hydrogen (secondary N) is 2. The summed E-state index contributed by atoms with van der Waals surface area (Å²) in [5.74, 6) is -0.583. The number of hydrogen-bond acceptors (Lipinski definition) is 6. The number of aromatic amines is 1. The lowest BCUT2D eigenvalue weighted by atomic mass is 10.1. The van der Waals surface area contributed by atoms with Crippen molar-refractivity contribution < 1.29 is 14.3 Å². The van der Waals surface area contributed by atoms with Gasteiger partial charge in [-0.3, -0.25) is 9.59 Å². The van der Waals surface area contributed by atoms with Crippen LogP contribution in [0, 0.1) is 13.8 Å². The predicted molar refractivity (Wildman–Crippen MR) is 99.6 cm³/mol. The lowest BCUT2D eigenvalue weighted by molar-refractivity contribution is -0.114. The summed E-state index contributed by atoms with van der Waals surface area (Å²) in [6.45, 7) is 4.87. The third-order valence-electron chi connectivity index (χ3n) is 3.88. The summed E-state index contributed by atoms with van der Waals surface area (Å²) in [6.07, 6.45) is 0. The van der Waals surface area contributed by atoms with Crippen molar-refractivity contribution in [2.45, 2.75) is 27.4 Å². The fourth-order valence-electron chi connectivity index (χ4n) is 2.53. The first-order valence-electron chi connectivity index (χ1n) is 7.89. The van der Waals surface area contributed by atoms with Gasteiger partial charge in [0.1, 0.15) is 17.4 Å². The zero-order valence-corrected chi connectivity index (χ0v) is 15.3. The monoisotopic (exact) mass is 371 g/mol. The van der Waals surface area contributed by atoms with Gasteiger partial charge >= 0.3 is 5.97 Å². The van der Waals surface area contributed by atoms with Gasteiger partial charge in [0.05, 0.1) is 16.5 Å². The van der Waals surface area contributed by atoms with Gasteiger partial charge in [-0.2, -0.15) is 0 Å². The number of nitrogens with zero attached hydrogens (tertiary/aromatic N) is 1. The number of carbonyl (C=O) groups excluding carboxylic acids is 2. The third kappa shape index (κ3) is 3.50. The summed E-state index contributed by atoms with van der Waals surface area (Å²) < 4.78 is 5.32. The van der Waals surface area contributed by atoms with E-state index in [0.29, 0.717) is 21.5 Å². The van der Waals surface area contributed by atoms with Crippen LogP contribution in [0.1, 0.15) is 33.5 Å². The van der Waals surface area contributed by atoms with E-state index in [-0.39, 0.29) is 23.9 Å². The molecule has 0 saturated heterocycles. The Morgan fingerprint density at radius 3 is 2.73 bits per heavy atom. The molecule has 1 aromatic carbocycles. The smallest absolute Gasteiger partial charge is 0.341 e. The molecule has 0 aliphatic carbocycles. The van der Waals surface area contributed by atoms with Gasteiger partial charge in [0.25, 0.3) is 5.56 Å². The Labute approximate surface area is 153 Å². The number of esters is 1. The topological polar surface area (TPSA) is 101 Å². The Hall–Kier alpha value is -3.00. The number of fused-ring (bicyclic) bond motifs is 1. The van der Waals surface area contributed by atoms with Crippen LogP contribution in [0.3, 0.4) is 0 Å². The molecule has 3 aromatic rings. The molecule has 2 aromatic heterocycles. The highest BCUT2D eigenvalue weighted by Gasteiger charge is 2.22. The number of anilines is 1. The number of aromatic nitrogens is 2. The normalized spacial score (nSPS) is 10.7.